The van der Waals surface area contributed by atoms with Gasteiger partial charge in [0, 0.05) is 80.8 Å². The summed E-state index contributed by atoms with van der Waals surface area (Å²) in [4.78, 5) is 22.7. The van der Waals surface area contributed by atoms with Crippen molar-refractivity contribution in [3.8, 4) is 11.4 Å². The molecule has 5 aliphatic carbocycles. The third kappa shape index (κ3) is 6.69. The summed E-state index contributed by atoms with van der Waals surface area (Å²) >= 11 is 0. The summed E-state index contributed by atoms with van der Waals surface area (Å²) in [5, 5.41) is 0.949. The van der Waals surface area contributed by atoms with E-state index in [0.717, 1.165) is 99.4 Å². The van der Waals surface area contributed by atoms with Crippen molar-refractivity contribution >= 4 is 26.6 Å². The minimum atomic E-state index is -2.85. The number of hydrogen-bond acceptors (Lipinski definition) is 8. The summed E-state index contributed by atoms with van der Waals surface area (Å²) in [5.74, 6) is 1.15. The number of fused-ring (bicyclic) bond motifs is 6. The van der Waals surface area contributed by atoms with Crippen LogP contribution in [0.4, 0.5) is 14.6 Å². The average molecular weight is 792 g/mol. The molecule has 1 unspecified atom stereocenters. The fraction of sp³-hybridized carbons (Fsp3) is 0.750. The number of nitrogens with zero attached hydrogens (tertiary/aromatic N) is 5. The second-order valence-corrected chi connectivity index (χ2v) is 21.9. The lowest BCUT2D eigenvalue weighted by Crippen LogP contribution is -2.55. The Kier molecular flexibility index (Phi) is 9.87. The second-order valence-electron chi connectivity index (χ2n) is 19.5. The highest BCUT2D eigenvalue weighted by molar-refractivity contribution is 7.93. The Hall–Kier alpha value is -2.70. The molecule has 3 aromatic rings. The maximum atomic E-state index is 14.4. The van der Waals surface area contributed by atoms with E-state index in [-0.39, 0.29) is 35.6 Å². The largest absolute Gasteiger partial charge is 0.378 e. The van der Waals surface area contributed by atoms with Crippen LogP contribution < -0.4 is 4.90 Å². The molecule has 4 heterocycles. The van der Waals surface area contributed by atoms with Gasteiger partial charge in [0.1, 0.15) is 11.5 Å². The van der Waals surface area contributed by atoms with E-state index in [0.29, 0.717) is 48.9 Å². The van der Waals surface area contributed by atoms with Gasteiger partial charge in [-0.05, 0) is 137 Å². The molecule has 1 aliphatic heterocycles. The number of hydrogen-bond donors (Lipinski definition) is 2. The maximum Gasteiger partial charge on any atom is 0.248 e. The van der Waals surface area contributed by atoms with E-state index in [4.69, 9.17) is 19.5 Å². The van der Waals surface area contributed by atoms with Crippen molar-refractivity contribution in [2.45, 2.75) is 133 Å². The molecular weight excluding hydrogens is 729 g/mol. The van der Waals surface area contributed by atoms with Crippen molar-refractivity contribution in [2.24, 2.45) is 34.5 Å². The lowest BCUT2D eigenvalue weighted by Gasteiger charge is -2.61. The third-order valence-corrected chi connectivity index (χ3v) is 18.4. The first-order valence-corrected chi connectivity index (χ1v) is 23.7. The first-order valence-electron chi connectivity index (χ1n) is 21.7. The van der Waals surface area contributed by atoms with Crippen LogP contribution in [0.25, 0.3) is 22.4 Å². The molecular formula is C44H63F2N7O2S. The summed E-state index contributed by atoms with van der Waals surface area (Å²) in [6, 6.07) is 6.20. The zero-order valence-electron chi connectivity index (χ0n) is 34.0. The summed E-state index contributed by atoms with van der Waals surface area (Å²) in [5.41, 5.74) is 2.72. The Balaban J connectivity index is 0.773. The second kappa shape index (κ2) is 14.2. The standard InChI is InChI=1S/C44H63F2N7O2S/c1-29-28-52(23-24-53(29)38-26-36(43(17-18-43)56(4,47)54)50-40(51-38)32-14-21-49-39-31(32)13-20-48-39)22-6-5-7-25-55-37-11-10-34-33-9-8-30-27-44(45,46)19-16-41(30,2)35(33)12-15-42(34,37)3/h13-14,20-21,26,29-30,33-35,37,47H,5-12,15-19,22-25,27-28H2,1-4H3,(H,48,49)/t29-,30+,33+,34+,35+,37+,41+,42+,56?/m1/s1. The van der Waals surface area contributed by atoms with Crippen molar-refractivity contribution in [3.63, 3.8) is 0 Å². The van der Waals surface area contributed by atoms with E-state index in [1.165, 1.54) is 19.3 Å². The highest BCUT2D eigenvalue weighted by atomic mass is 32.2. The highest BCUT2D eigenvalue weighted by Gasteiger charge is 2.62. The van der Waals surface area contributed by atoms with Crippen LogP contribution >= 0.6 is 0 Å². The molecule has 1 saturated heterocycles. The van der Waals surface area contributed by atoms with Crippen LogP contribution in [0.5, 0.6) is 0 Å². The van der Waals surface area contributed by atoms with E-state index in [1.54, 1.807) is 12.5 Å². The summed E-state index contributed by atoms with van der Waals surface area (Å²) in [6.07, 6.45) is 18.1. The molecule has 3 aromatic heterocycles. The van der Waals surface area contributed by atoms with Crippen LogP contribution in [-0.2, 0) is 19.2 Å². The maximum absolute atomic E-state index is 14.4. The SMILES string of the molecule is C[C@@H]1CN(CCCCCO[C@H]2CC[C@H]3[C@@H]4CC[C@H]5CC(F)(F)CC[C@]5(C)[C@H]4CC[C@]23C)CCN1c1cc(C2(S(C)(=N)=O)CC2)nc(-c2ccnc3[nH]ccc23)n1. The number of rotatable bonds is 11. The molecule has 56 heavy (non-hydrogen) atoms. The van der Waals surface area contributed by atoms with Crippen LogP contribution in [0.1, 0.15) is 116 Å². The lowest BCUT2D eigenvalue weighted by molar-refractivity contribution is -0.169. The van der Waals surface area contributed by atoms with Gasteiger partial charge in [-0.2, -0.15) is 0 Å². The molecule has 0 bridgehead atoms. The molecule has 9 atom stereocenters. The average Bonchev–Trinajstić information content (AvgIpc) is 3.74. The molecule has 12 heteroatoms. The van der Waals surface area contributed by atoms with E-state index in [9.17, 15) is 13.0 Å². The van der Waals surface area contributed by atoms with Gasteiger partial charge in [-0.1, -0.05) is 13.8 Å². The molecule has 2 N–H and O–H groups in total. The zero-order chi connectivity index (χ0) is 39.1. The number of aromatic amines is 1. The van der Waals surface area contributed by atoms with Crippen molar-refractivity contribution < 1.29 is 17.7 Å². The number of aromatic nitrogens is 4. The number of halogens is 2. The van der Waals surface area contributed by atoms with Crippen LogP contribution in [0, 0.1) is 39.3 Å². The van der Waals surface area contributed by atoms with E-state index >= 15 is 0 Å². The Morgan fingerprint density at radius 3 is 2.57 bits per heavy atom. The van der Waals surface area contributed by atoms with E-state index in [1.807, 2.05) is 24.4 Å². The number of anilines is 1. The molecule has 9 rings (SSSR count). The van der Waals surface area contributed by atoms with Gasteiger partial charge < -0.3 is 14.6 Å². The number of nitrogens with one attached hydrogen (secondary N) is 2. The van der Waals surface area contributed by atoms with Crippen LogP contribution in [0.15, 0.2) is 30.6 Å². The molecule has 5 saturated carbocycles. The van der Waals surface area contributed by atoms with Crippen molar-refractivity contribution in [1.82, 2.24) is 24.8 Å². The first kappa shape index (κ1) is 38.8. The molecule has 0 amide bonds. The van der Waals surface area contributed by atoms with Crippen LogP contribution in [0.2, 0.25) is 0 Å². The van der Waals surface area contributed by atoms with Crippen LogP contribution in [-0.4, -0.2) is 86.2 Å². The predicted molar refractivity (Wildman–Crippen MR) is 218 cm³/mol. The minimum Gasteiger partial charge on any atom is -0.378 e. The predicted octanol–water partition coefficient (Wildman–Crippen LogP) is 9.43. The topological polar surface area (TPSA) is 111 Å². The number of pyridine rings is 1. The molecule has 0 spiro atoms. The molecule has 306 valence electrons. The number of H-pyrrole nitrogens is 1. The molecule has 6 aliphatic rings. The number of unbranched alkanes of at least 4 members (excludes halogenated alkanes) is 2. The Bertz CT molecular complexity index is 2040. The van der Waals surface area contributed by atoms with Gasteiger partial charge in [-0.15, -0.1) is 0 Å². The first-order chi connectivity index (χ1) is 26.7. The van der Waals surface area contributed by atoms with Gasteiger partial charge in [0.05, 0.1) is 26.3 Å². The molecule has 0 aromatic carbocycles. The highest BCUT2D eigenvalue weighted by Crippen LogP contribution is 2.67. The van der Waals surface area contributed by atoms with Crippen LogP contribution in [0.3, 0.4) is 0 Å². The summed E-state index contributed by atoms with van der Waals surface area (Å²) in [6.45, 7) is 11.8. The van der Waals surface area contributed by atoms with Gasteiger partial charge in [0.2, 0.25) is 5.92 Å². The molecule has 0 radical (unpaired) electrons. The zero-order valence-corrected chi connectivity index (χ0v) is 34.8. The number of alkyl halides is 2. The van der Waals surface area contributed by atoms with Gasteiger partial charge in [0.25, 0.3) is 0 Å². The Morgan fingerprint density at radius 2 is 1.79 bits per heavy atom. The minimum absolute atomic E-state index is 0.0846. The quantitative estimate of drug-likeness (QED) is 0.186. The number of ether oxygens (including phenoxy) is 1. The van der Waals surface area contributed by atoms with Crippen molar-refractivity contribution in [1.29, 1.82) is 4.78 Å². The van der Waals surface area contributed by atoms with Gasteiger partial charge >= 0.3 is 0 Å². The van der Waals surface area contributed by atoms with E-state index < -0.39 is 20.4 Å². The van der Waals surface area contributed by atoms with Gasteiger partial charge in [0.15, 0.2) is 5.82 Å². The van der Waals surface area contributed by atoms with E-state index in [2.05, 4.69) is 40.5 Å². The monoisotopic (exact) mass is 791 g/mol. The fourth-order valence-corrected chi connectivity index (χ4v) is 14.3. The molecule has 9 nitrogen and oxygen atoms in total. The molecule has 6 fully saturated rings. The van der Waals surface area contributed by atoms with Gasteiger partial charge in [-0.25, -0.2) is 27.9 Å². The Labute approximate surface area is 332 Å². The van der Waals surface area contributed by atoms with Gasteiger partial charge in [-0.3, -0.25) is 9.68 Å². The van der Waals surface area contributed by atoms with Crippen molar-refractivity contribution in [2.75, 3.05) is 43.9 Å². The summed E-state index contributed by atoms with van der Waals surface area (Å²) < 4.78 is 56.6. The fourth-order valence-electron chi connectivity index (χ4n) is 12.9. The van der Waals surface area contributed by atoms with Crippen molar-refractivity contribution in [3.05, 3.63) is 36.3 Å². The number of piperazine rings is 1. The summed E-state index contributed by atoms with van der Waals surface area (Å²) in [7, 11) is -2.85. The smallest absolute Gasteiger partial charge is 0.248 e. The Morgan fingerprint density at radius 1 is 0.964 bits per heavy atom. The lowest BCUT2D eigenvalue weighted by atomic mass is 9.45. The third-order valence-electron chi connectivity index (χ3n) is 16.3. The normalized spacial score (nSPS) is 36.1.